The van der Waals surface area contributed by atoms with E-state index in [0.29, 0.717) is 6.42 Å². The largest absolute Gasteiger partial charge is 0.414 e. The molecule has 0 aliphatic carbocycles. The highest BCUT2D eigenvalue weighted by molar-refractivity contribution is 6.74. The number of aliphatic hydroxyl groups excluding tert-OH is 1. The van der Waals surface area contributed by atoms with Crippen LogP contribution in [0.5, 0.6) is 0 Å². The molecule has 0 heterocycles. The molecule has 156 valence electrons. The molecule has 0 aromatic heterocycles. The topological polar surface area (TPSA) is 78.2 Å². The van der Waals surface area contributed by atoms with Gasteiger partial charge < -0.3 is 9.53 Å². The van der Waals surface area contributed by atoms with Gasteiger partial charge in [0.25, 0.3) is 0 Å². The number of hydrogen-bond donors (Lipinski definition) is 1. The third-order valence-electron chi connectivity index (χ3n) is 5.63. The van der Waals surface area contributed by atoms with E-state index in [2.05, 4.69) is 76.8 Å². The van der Waals surface area contributed by atoms with Crippen LogP contribution in [0.4, 0.5) is 0 Å². The lowest BCUT2D eigenvalue weighted by molar-refractivity contribution is 0.0389. The quantitative estimate of drug-likeness (QED) is 0.136. The molecule has 0 rings (SSSR count). The van der Waals surface area contributed by atoms with Crippen LogP contribution in [-0.2, 0) is 4.43 Å². The van der Waals surface area contributed by atoms with Gasteiger partial charge in [-0.2, -0.15) is 0 Å². The van der Waals surface area contributed by atoms with Crippen molar-refractivity contribution < 1.29 is 9.53 Å². The van der Waals surface area contributed by atoms with Crippen molar-refractivity contribution in [2.45, 2.75) is 104 Å². The maximum absolute atomic E-state index is 10.7. The van der Waals surface area contributed by atoms with Crippen molar-refractivity contribution in [1.82, 2.24) is 0 Å². The van der Waals surface area contributed by atoms with Gasteiger partial charge in [-0.15, -0.1) is 0 Å². The molecule has 0 amide bonds. The van der Waals surface area contributed by atoms with Crippen molar-refractivity contribution in [1.29, 1.82) is 0 Å². The second-order valence-electron chi connectivity index (χ2n) is 9.54. The number of hydrogen-bond acceptors (Lipinski definition) is 3. The minimum absolute atomic E-state index is 0.0761. The Bertz CT molecular complexity index is 568. The van der Waals surface area contributed by atoms with Gasteiger partial charge in [0.1, 0.15) is 0 Å². The van der Waals surface area contributed by atoms with E-state index in [4.69, 9.17) is 9.96 Å². The van der Waals surface area contributed by atoms with Crippen LogP contribution in [0, 0.1) is 0 Å². The lowest BCUT2D eigenvalue weighted by Gasteiger charge is -2.38. The maximum Gasteiger partial charge on any atom is 0.192 e. The molecule has 0 aromatic carbocycles. The molecule has 2 atom stereocenters. The van der Waals surface area contributed by atoms with Gasteiger partial charge in [-0.3, -0.25) is 0 Å². The molecule has 5 nitrogen and oxygen atoms in total. The summed E-state index contributed by atoms with van der Waals surface area (Å²) in [5.41, 5.74) is 10.8. The van der Waals surface area contributed by atoms with E-state index >= 15 is 0 Å². The zero-order valence-electron chi connectivity index (χ0n) is 19.0. The number of rotatable bonds is 11. The first-order valence-corrected chi connectivity index (χ1v) is 12.8. The number of aliphatic hydroxyl groups is 1. The van der Waals surface area contributed by atoms with Crippen molar-refractivity contribution in [2.75, 3.05) is 6.61 Å². The highest BCUT2D eigenvalue weighted by Gasteiger charge is 2.39. The molecule has 27 heavy (non-hydrogen) atoms. The van der Waals surface area contributed by atoms with Crippen LogP contribution in [0.25, 0.3) is 10.4 Å². The molecule has 0 saturated carbocycles. The molecule has 6 heteroatoms. The normalized spacial score (nSPS) is 16.3. The predicted molar refractivity (Wildman–Crippen MR) is 118 cm³/mol. The molecule has 0 unspecified atom stereocenters. The summed E-state index contributed by atoms with van der Waals surface area (Å²) in [6.07, 6.45) is 7.05. The molecule has 0 bridgehead atoms. The minimum atomic E-state index is -1.96. The first-order valence-electron chi connectivity index (χ1n) is 9.92. The Kier molecular flexibility index (Phi) is 10.6. The van der Waals surface area contributed by atoms with Crippen LogP contribution in [0.2, 0.25) is 18.1 Å². The molecule has 0 fully saturated rings. The fraction of sp³-hybridized carbons (Fsp3) is 0.810. The SMILES string of the molecule is CC(C)=CCC/C(C)=C/CC[C@@](C)(N=[N+]=[N-])[C@@H](O)CO[Si](C)(C)C(C)(C)C. The molecule has 0 aliphatic heterocycles. The summed E-state index contributed by atoms with van der Waals surface area (Å²) in [4.78, 5) is 2.98. The van der Waals surface area contributed by atoms with Gasteiger partial charge in [-0.05, 0) is 70.1 Å². The van der Waals surface area contributed by atoms with E-state index in [1.165, 1.54) is 11.1 Å². The van der Waals surface area contributed by atoms with E-state index in [1.807, 2.05) is 6.92 Å². The Morgan fingerprint density at radius 1 is 1.15 bits per heavy atom. The van der Waals surface area contributed by atoms with Gasteiger partial charge in [-0.1, -0.05) is 56.1 Å². The van der Waals surface area contributed by atoms with Gasteiger partial charge >= 0.3 is 0 Å². The summed E-state index contributed by atoms with van der Waals surface area (Å²) in [6, 6.07) is 0. The zero-order chi connectivity index (χ0) is 21.3. The van der Waals surface area contributed by atoms with Crippen molar-refractivity contribution in [2.24, 2.45) is 5.11 Å². The first-order chi connectivity index (χ1) is 12.2. The average molecular weight is 396 g/mol. The summed E-state index contributed by atoms with van der Waals surface area (Å²) in [7, 11) is -1.96. The molecule has 0 aromatic rings. The second-order valence-corrected chi connectivity index (χ2v) is 14.4. The van der Waals surface area contributed by atoms with E-state index in [9.17, 15) is 5.11 Å². The van der Waals surface area contributed by atoms with Crippen LogP contribution in [0.15, 0.2) is 28.4 Å². The molecule has 0 radical (unpaired) electrons. The standard InChI is InChI=1S/C21H41N3O2Si/c1-17(2)12-10-13-18(3)14-11-15-21(7,23-24-22)19(25)16-26-27(8,9)20(4,5)6/h12,14,19,25H,10-11,13,15-16H2,1-9H3/b18-14+/t19-,21+/m0/s1. The second kappa shape index (κ2) is 11.1. The molecule has 1 N–H and O–H groups in total. The third kappa shape index (κ3) is 9.61. The van der Waals surface area contributed by atoms with Gasteiger partial charge in [-0.25, -0.2) is 0 Å². The number of azide groups is 1. The van der Waals surface area contributed by atoms with Crippen molar-refractivity contribution >= 4 is 8.32 Å². The van der Waals surface area contributed by atoms with Gasteiger partial charge in [0.2, 0.25) is 0 Å². The zero-order valence-corrected chi connectivity index (χ0v) is 20.0. The summed E-state index contributed by atoms with van der Waals surface area (Å²) >= 11 is 0. The molecular weight excluding hydrogens is 354 g/mol. The Hall–Kier alpha value is -1.07. The smallest absolute Gasteiger partial charge is 0.192 e. The lowest BCUT2D eigenvalue weighted by Crippen LogP contribution is -2.47. The summed E-state index contributed by atoms with van der Waals surface area (Å²) < 4.78 is 6.13. The van der Waals surface area contributed by atoms with Crippen LogP contribution in [0.1, 0.15) is 74.1 Å². The Labute approximate surface area is 167 Å². The van der Waals surface area contributed by atoms with Crippen molar-refractivity contribution in [3.8, 4) is 0 Å². The number of nitrogens with zero attached hydrogens (tertiary/aromatic N) is 3. The average Bonchev–Trinajstić information content (AvgIpc) is 2.51. The van der Waals surface area contributed by atoms with Crippen LogP contribution < -0.4 is 0 Å². The molecule has 0 saturated heterocycles. The van der Waals surface area contributed by atoms with E-state index in [1.54, 1.807) is 0 Å². The van der Waals surface area contributed by atoms with Crippen molar-refractivity contribution in [3.05, 3.63) is 33.7 Å². The predicted octanol–water partition coefficient (Wildman–Crippen LogP) is 6.91. The van der Waals surface area contributed by atoms with Crippen LogP contribution in [-0.4, -0.2) is 31.7 Å². The fourth-order valence-electron chi connectivity index (χ4n) is 2.37. The van der Waals surface area contributed by atoms with Gasteiger partial charge in [0.05, 0.1) is 18.2 Å². The monoisotopic (exact) mass is 395 g/mol. The van der Waals surface area contributed by atoms with Crippen LogP contribution >= 0.6 is 0 Å². The van der Waals surface area contributed by atoms with Gasteiger partial charge in [0.15, 0.2) is 8.32 Å². The Balaban J connectivity index is 4.87. The Morgan fingerprint density at radius 2 is 1.74 bits per heavy atom. The Morgan fingerprint density at radius 3 is 2.22 bits per heavy atom. The highest BCUT2D eigenvalue weighted by Crippen LogP contribution is 2.37. The lowest BCUT2D eigenvalue weighted by atomic mass is 9.90. The minimum Gasteiger partial charge on any atom is -0.414 e. The van der Waals surface area contributed by atoms with Gasteiger partial charge in [0, 0.05) is 4.91 Å². The third-order valence-corrected chi connectivity index (χ3v) is 10.1. The van der Waals surface area contributed by atoms with Crippen LogP contribution in [0.3, 0.4) is 0 Å². The number of allylic oxidation sites excluding steroid dienone is 4. The first kappa shape index (κ1) is 25.9. The van der Waals surface area contributed by atoms with E-state index in [-0.39, 0.29) is 11.6 Å². The maximum atomic E-state index is 10.7. The molecule has 0 spiro atoms. The summed E-state index contributed by atoms with van der Waals surface area (Å²) in [6.45, 7) is 19.2. The van der Waals surface area contributed by atoms with Crippen molar-refractivity contribution in [3.63, 3.8) is 0 Å². The van der Waals surface area contributed by atoms with E-state index < -0.39 is 20.0 Å². The molecule has 0 aliphatic rings. The van der Waals surface area contributed by atoms with E-state index in [0.717, 1.165) is 19.3 Å². The summed E-state index contributed by atoms with van der Waals surface area (Å²) in [5, 5.41) is 14.7. The highest BCUT2D eigenvalue weighted by atomic mass is 28.4. The molecular formula is C21H41N3O2Si. The summed E-state index contributed by atoms with van der Waals surface area (Å²) in [5.74, 6) is 0. The fourth-order valence-corrected chi connectivity index (χ4v) is 3.38.